The number of rotatable bonds is 4. The van der Waals surface area contributed by atoms with Gasteiger partial charge >= 0.3 is 0 Å². The van der Waals surface area contributed by atoms with Gasteiger partial charge in [-0.05, 0) is 25.1 Å². The molecule has 1 atom stereocenters. The Morgan fingerprint density at radius 1 is 1.15 bits per heavy atom. The van der Waals surface area contributed by atoms with E-state index in [4.69, 9.17) is 13.9 Å². The van der Waals surface area contributed by atoms with E-state index in [0.717, 1.165) is 29.2 Å². The highest BCUT2D eigenvalue weighted by Crippen LogP contribution is 2.33. The lowest BCUT2D eigenvalue weighted by molar-refractivity contribution is 0.295. The van der Waals surface area contributed by atoms with Crippen molar-refractivity contribution >= 4 is 0 Å². The maximum absolute atomic E-state index is 5.81. The van der Waals surface area contributed by atoms with Crippen LogP contribution in [0, 0.1) is 0 Å². The fraction of sp³-hybridized carbons (Fsp3) is 0.375. The van der Waals surface area contributed by atoms with Crippen molar-refractivity contribution in [2.45, 2.75) is 25.9 Å². The van der Waals surface area contributed by atoms with E-state index in [1.165, 1.54) is 0 Å². The lowest BCUT2D eigenvalue weighted by Gasteiger charge is -2.15. The average Bonchev–Trinajstić information content (AvgIpc) is 2.90. The molecule has 1 aromatic heterocycles. The average molecular weight is 273 g/mol. The predicted molar refractivity (Wildman–Crippen MR) is 76.0 cm³/mol. The minimum absolute atomic E-state index is 0.160. The Bertz CT molecular complexity index is 551. The largest absolute Gasteiger partial charge is 0.490 e. The Kier molecular flexibility index (Phi) is 3.92. The molecule has 0 fully saturated rings. The van der Waals surface area contributed by atoms with E-state index >= 15 is 0 Å². The molecule has 1 N–H and O–H groups in total. The molecule has 2 heterocycles. The number of para-hydroxylation sites is 1. The van der Waals surface area contributed by atoms with Gasteiger partial charge in [-0.1, -0.05) is 12.1 Å². The number of furan rings is 1. The third-order valence-corrected chi connectivity index (χ3v) is 3.42. The number of hydrogen-bond acceptors (Lipinski definition) is 4. The number of hydrogen-bond donors (Lipinski definition) is 1. The maximum Gasteiger partial charge on any atom is 0.165 e. The number of fused-ring (bicyclic) bond motifs is 1. The van der Waals surface area contributed by atoms with Crippen molar-refractivity contribution in [3.8, 4) is 11.5 Å². The summed E-state index contributed by atoms with van der Waals surface area (Å²) in [7, 11) is 0. The molecule has 0 saturated heterocycles. The highest BCUT2D eigenvalue weighted by Gasteiger charge is 2.15. The van der Waals surface area contributed by atoms with Crippen molar-refractivity contribution in [1.29, 1.82) is 0 Å². The van der Waals surface area contributed by atoms with E-state index in [1.807, 2.05) is 24.3 Å². The van der Waals surface area contributed by atoms with Gasteiger partial charge < -0.3 is 19.2 Å². The van der Waals surface area contributed by atoms with Crippen molar-refractivity contribution in [2.24, 2.45) is 0 Å². The normalized spacial score (nSPS) is 15.7. The van der Waals surface area contributed by atoms with Gasteiger partial charge in [-0.2, -0.15) is 0 Å². The van der Waals surface area contributed by atoms with Crippen molar-refractivity contribution in [1.82, 2.24) is 5.32 Å². The van der Waals surface area contributed by atoms with E-state index in [1.54, 1.807) is 6.26 Å². The van der Waals surface area contributed by atoms with Crippen LogP contribution in [0.2, 0.25) is 0 Å². The van der Waals surface area contributed by atoms with E-state index in [-0.39, 0.29) is 6.04 Å². The second-order valence-corrected chi connectivity index (χ2v) is 4.91. The van der Waals surface area contributed by atoms with E-state index in [0.29, 0.717) is 19.8 Å². The van der Waals surface area contributed by atoms with Crippen LogP contribution in [0.1, 0.15) is 30.7 Å². The summed E-state index contributed by atoms with van der Waals surface area (Å²) in [5.41, 5.74) is 1.11. The predicted octanol–water partition coefficient (Wildman–Crippen LogP) is 3.29. The van der Waals surface area contributed by atoms with Gasteiger partial charge in [0.1, 0.15) is 5.76 Å². The first-order valence-electron chi connectivity index (χ1n) is 6.99. The highest BCUT2D eigenvalue weighted by molar-refractivity contribution is 5.47. The van der Waals surface area contributed by atoms with Gasteiger partial charge in [-0.15, -0.1) is 0 Å². The summed E-state index contributed by atoms with van der Waals surface area (Å²) in [4.78, 5) is 0. The van der Waals surface area contributed by atoms with Crippen LogP contribution in [0.3, 0.4) is 0 Å². The highest BCUT2D eigenvalue weighted by atomic mass is 16.5. The zero-order valence-corrected chi connectivity index (χ0v) is 11.6. The Morgan fingerprint density at radius 2 is 2.05 bits per heavy atom. The summed E-state index contributed by atoms with van der Waals surface area (Å²) in [6.45, 7) is 4.22. The van der Waals surface area contributed by atoms with Crippen LogP contribution in [0.4, 0.5) is 0 Å². The summed E-state index contributed by atoms with van der Waals surface area (Å²) >= 11 is 0. The quantitative estimate of drug-likeness (QED) is 0.928. The summed E-state index contributed by atoms with van der Waals surface area (Å²) in [6.07, 6.45) is 2.61. The molecule has 106 valence electrons. The molecule has 0 unspecified atom stereocenters. The second-order valence-electron chi connectivity index (χ2n) is 4.91. The van der Waals surface area contributed by atoms with Gasteiger partial charge in [0.15, 0.2) is 11.5 Å². The van der Waals surface area contributed by atoms with Crippen LogP contribution in [0.5, 0.6) is 11.5 Å². The fourth-order valence-corrected chi connectivity index (χ4v) is 2.29. The lowest BCUT2D eigenvalue weighted by Crippen LogP contribution is -2.18. The van der Waals surface area contributed by atoms with Gasteiger partial charge in [-0.3, -0.25) is 0 Å². The molecule has 0 saturated carbocycles. The summed E-state index contributed by atoms with van der Waals surface area (Å²) in [5.74, 6) is 2.64. The molecule has 1 aromatic carbocycles. The van der Waals surface area contributed by atoms with Crippen LogP contribution >= 0.6 is 0 Å². The maximum atomic E-state index is 5.81. The molecule has 4 heteroatoms. The molecule has 0 spiro atoms. The smallest absolute Gasteiger partial charge is 0.165 e. The minimum atomic E-state index is 0.160. The molecule has 4 nitrogen and oxygen atoms in total. The molecule has 0 amide bonds. The third kappa shape index (κ3) is 2.80. The zero-order chi connectivity index (χ0) is 13.8. The fourth-order valence-electron chi connectivity index (χ4n) is 2.29. The molecule has 1 aliphatic heterocycles. The Labute approximate surface area is 118 Å². The van der Waals surface area contributed by atoms with E-state index < -0.39 is 0 Å². The van der Waals surface area contributed by atoms with Crippen molar-refractivity contribution < 1.29 is 13.9 Å². The van der Waals surface area contributed by atoms with Crippen LogP contribution in [0.15, 0.2) is 41.0 Å². The summed E-state index contributed by atoms with van der Waals surface area (Å²) in [5, 5.41) is 3.44. The van der Waals surface area contributed by atoms with Gasteiger partial charge in [0, 0.05) is 18.5 Å². The molecule has 0 bridgehead atoms. The van der Waals surface area contributed by atoms with Crippen LogP contribution in [0.25, 0.3) is 0 Å². The molecular formula is C16H19NO3. The molecule has 0 radical (unpaired) electrons. The van der Waals surface area contributed by atoms with Crippen LogP contribution < -0.4 is 14.8 Å². The lowest BCUT2D eigenvalue weighted by atomic mass is 10.1. The second kappa shape index (κ2) is 6.01. The summed E-state index contributed by atoms with van der Waals surface area (Å²) in [6, 6.07) is 10.1. The first kappa shape index (κ1) is 13.1. The van der Waals surface area contributed by atoms with Gasteiger partial charge in [0.2, 0.25) is 0 Å². The van der Waals surface area contributed by atoms with Crippen molar-refractivity contribution in [2.75, 3.05) is 13.2 Å². The summed E-state index contributed by atoms with van der Waals surface area (Å²) < 4.78 is 16.9. The molecule has 3 rings (SSSR count). The van der Waals surface area contributed by atoms with Crippen LogP contribution in [-0.2, 0) is 6.54 Å². The third-order valence-electron chi connectivity index (χ3n) is 3.42. The number of benzene rings is 1. The topological polar surface area (TPSA) is 43.6 Å². The standard InChI is InChI=1S/C16H19NO3/c1-12(14-7-3-8-18-14)17-11-13-5-2-6-15-16(13)20-10-4-9-19-15/h2-3,5-8,12,17H,4,9-11H2,1H3/t12-/m1/s1. The van der Waals surface area contributed by atoms with Gasteiger partial charge in [0.25, 0.3) is 0 Å². The van der Waals surface area contributed by atoms with Crippen molar-refractivity contribution in [3.05, 3.63) is 47.9 Å². The zero-order valence-electron chi connectivity index (χ0n) is 11.6. The Morgan fingerprint density at radius 3 is 2.90 bits per heavy atom. The Balaban J connectivity index is 1.71. The van der Waals surface area contributed by atoms with Gasteiger partial charge in [-0.25, -0.2) is 0 Å². The first-order valence-corrected chi connectivity index (χ1v) is 6.99. The van der Waals surface area contributed by atoms with Crippen LogP contribution in [-0.4, -0.2) is 13.2 Å². The molecule has 1 aliphatic rings. The number of ether oxygens (including phenoxy) is 2. The monoisotopic (exact) mass is 273 g/mol. The van der Waals surface area contributed by atoms with Crippen molar-refractivity contribution in [3.63, 3.8) is 0 Å². The van der Waals surface area contributed by atoms with E-state index in [9.17, 15) is 0 Å². The number of nitrogens with one attached hydrogen (secondary N) is 1. The Hall–Kier alpha value is -1.94. The SMILES string of the molecule is C[C@@H](NCc1cccc2c1OCCCO2)c1ccco1. The van der Waals surface area contributed by atoms with Gasteiger partial charge in [0.05, 0.1) is 25.5 Å². The molecule has 0 aliphatic carbocycles. The first-order chi connectivity index (χ1) is 9.84. The van der Waals surface area contributed by atoms with E-state index in [2.05, 4.69) is 18.3 Å². The molecule has 2 aromatic rings. The molecule has 20 heavy (non-hydrogen) atoms. The minimum Gasteiger partial charge on any atom is -0.490 e. The molecular weight excluding hydrogens is 254 g/mol.